The zero-order valence-corrected chi connectivity index (χ0v) is 16.8. The molecule has 1 saturated carbocycles. The van der Waals surface area contributed by atoms with Crippen molar-refractivity contribution in [3.05, 3.63) is 69.8 Å². The molecule has 0 aliphatic heterocycles. The fraction of sp³-hybridized carbons (Fsp3) is 0.250. The lowest BCUT2D eigenvalue weighted by atomic mass is 10.1. The van der Waals surface area contributed by atoms with Crippen molar-refractivity contribution in [3.63, 3.8) is 0 Å². The van der Waals surface area contributed by atoms with Crippen LogP contribution in [0.3, 0.4) is 0 Å². The highest BCUT2D eigenvalue weighted by Gasteiger charge is 2.29. The van der Waals surface area contributed by atoms with Crippen molar-refractivity contribution >= 4 is 33.3 Å². The quantitative estimate of drug-likeness (QED) is 0.311. The third-order valence-electron chi connectivity index (χ3n) is 4.93. The van der Waals surface area contributed by atoms with Crippen LogP contribution in [-0.4, -0.2) is 19.1 Å². The van der Waals surface area contributed by atoms with Gasteiger partial charge in [-0.15, -0.1) is 11.3 Å². The topological polar surface area (TPSA) is 52.7 Å². The molecule has 29 heavy (non-hydrogen) atoms. The molecular formula is C20H16F2N4OS2. The molecule has 0 unspecified atom stereocenters. The lowest BCUT2D eigenvalue weighted by Crippen LogP contribution is -2.22. The van der Waals surface area contributed by atoms with Crippen LogP contribution in [0.5, 0.6) is 0 Å². The largest absolute Gasteiger partial charge is 0.319 e. The third-order valence-corrected chi connectivity index (χ3v) is 6.75. The van der Waals surface area contributed by atoms with E-state index in [4.69, 9.17) is 4.98 Å². The Morgan fingerprint density at radius 1 is 1.24 bits per heavy atom. The lowest BCUT2D eigenvalue weighted by Gasteiger charge is -2.13. The molecule has 1 aliphatic carbocycles. The first-order valence-corrected chi connectivity index (χ1v) is 11.0. The third kappa shape index (κ3) is 3.38. The summed E-state index contributed by atoms with van der Waals surface area (Å²) in [6.07, 6.45) is 4.81. The van der Waals surface area contributed by atoms with Crippen LogP contribution >= 0.6 is 23.1 Å². The normalized spacial score (nSPS) is 14.2. The number of rotatable bonds is 6. The number of para-hydroxylation sites is 1. The minimum atomic E-state index is -2.65. The predicted molar refractivity (Wildman–Crippen MR) is 110 cm³/mol. The zero-order valence-electron chi connectivity index (χ0n) is 15.2. The van der Waals surface area contributed by atoms with Crippen molar-refractivity contribution in [2.75, 3.05) is 0 Å². The smallest absolute Gasteiger partial charge is 0.277 e. The first-order chi connectivity index (χ1) is 14.1. The molecule has 0 radical (unpaired) electrons. The highest BCUT2D eigenvalue weighted by molar-refractivity contribution is 7.98. The van der Waals surface area contributed by atoms with Crippen LogP contribution in [0, 0.1) is 0 Å². The maximum atomic E-state index is 13.5. The highest BCUT2D eigenvalue weighted by atomic mass is 32.2. The van der Waals surface area contributed by atoms with Crippen LogP contribution in [0.15, 0.2) is 58.1 Å². The van der Waals surface area contributed by atoms with Crippen LogP contribution in [-0.2, 0) is 5.75 Å². The van der Waals surface area contributed by atoms with Gasteiger partial charge in [0.1, 0.15) is 10.7 Å². The van der Waals surface area contributed by atoms with Crippen LogP contribution in [0.25, 0.3) is 15.9 Å². The molecule has 4 aromatic rings. The van der Waals surface area contributed by atoms with Gasteiger partial charge in [0.05, 0.1) is 16.8 Å². The van der Waals surface area contributed by atoms with Crippen molar-refractivity contribution in [2.45, 2.75) is 36.2 Å². The Labute approximate surface area is 173 Å². The van der Waals surface area contributed by atoms with E-state index in [-0.39, 0.29) is 17.1 Å². The lowest BCUT2D eigenvalue weighted by molar-refractivity contribution is 0.0678. The molecule has 3 heterocycles. The Kier molecular flexibility index (Phi) is 4.71. The molecule has 1 aliphatic rings. The van der Waals surface area contributed by atoms with Crippen LogP contribution < -0.4 is 5.56 Å². The molecule has 1 aromatic carbocycles. The summed E-state index contributed by atoms with van der Waals surface area (Å²) in [5, 5.41) is 3.19. The second-order valence-electron chi connectivity index (χ2n) is 6.83. The average molecular weight is 431 g/mol. The van der Waals surface area contributed by atoms with Crippen molar-refractivity contribution in [3.8, 4) is 5.69 Å². The molecule has 0 spiro atoms. The van der Waals surface area contributed by atoms with Gasteiger partial charge in [-0.3, -0.25) is 13.9 Å². The molecule has 9 heteroatoms. The van der Waals surface area contributed by atoms with E-state index in [9.17, 15) is 13.6 Å². The zero-order chi connectivity index (χ0) is 20.0. The number of alkyl halides is 2. The maximum absolute atomic E-state index is 13.5. The second-order valence-corrected chi connectivity index (χ2v) is 8.63. The number of halogens is 2. The van der Waals surface area contributed by atoms with Crippen LogP contribution in [0.1, 0.15) is 36.7 Å². The monoisotopic (exact) mass is 430 g/mol. The Balaban J connectivity index is 1.62. The van der Waals surface area contributed by atoms with E-state index in [1.165, 1.54) is 35.5 Å². The van der Waals surface area contributed by atoms with Crippen molar-refractivity contribution in [2.24, 2.45) is 0 Å². The Hall–Kier alpha value is -2.52. The van der Waals surface area contributed by atoms with Gasteiger partial charge in [-0.1, -0.05) is 30.0 Å². The van der Waals surface area contributed by atoms with Crippen LogP contribution in [0.2, 0.25) is 0 Å². The van der Waals surface area contributed by atoms with E-state index in [2.05, 4.69) is 4.98 Å². The fourth-order valence-electron chi connectivity index (χ4n) is 3.35. The summed E-state index contributed by atoms with van der Waals surface area (Å²) in [5.74, 6) is 0.867. The molecule has 3 aromatic heterocycles. The SMILES string of the molecule is O=c1c2c(C3CC3)csc2nc(SCc2nccn2C(F)F)n1-c1ccccc1. The standard InChI is InChI=1S/C20H16F2N4OS2/c21-19(22)25-9-8-23-15(25)11-29-20-24-17-16(14(10-28-17)12-6-7-12)18(27)26(20)13-4-2-1-3-5-13/h1-5,8-10,12,19H,6-7,11H2. The van der Waals surface area contributed by atoms with Gasteiger partial charge in [-0.25, -0.2) is 9.97 Å². The summed E-state index contributed by atoms with van der Waals surface area (Å²) in [6.45, 7) is -2.65. The molecule has 1 fully saturated rings. The van der Waals surface area contributed by atoms with E-state index in [0.717, 1.165) is 23.0 Å². The number of thioether (sulfide) groups is 1. The van der Waals surface area contributed by atoms with E-state index < -0.39 is 6.55 Å². The Morgan fingerprint density at radius 2 is 2.03 bits per heavy atom. The molecule has 0 saturated heterocycles. The van der Waals surface area contributed by atoms with Crippen LogP contribution in [0.4, 0.5) is 8.78 Å². The minimum Gasteiger partial charge on any atom is -0.277 e. The number of fused-ring (bicyclic) bond motifs is 1. The molecule has 148 valence electrons. The summed E-state index contributed by atoms with van der Waals surface area (Å²) in [5.41, 5.74) is 1.68. The Bertz CT molecular complexity index is 1230. The van der Waals surface area contributed by atoms with Crippen molar-refractivity contribution in [1.82, 2.24) is 19.1 Å². The number of hydrogen-bond acceptors (Lipinski definition) is 5. The van der Waals surface area contributed by atoms with Gasteiger partial charge in [-0.05, 0) is 41.8 Å². The summed E-state index contributed by atoms with van der Waals surface area (Å²) in [7, 11) is 0. The first-order valence-electron chi connectivity index (χ1n) is 9.15. The summed E-state index contributed by atoms with van der Waals surface area (Å²) < 4.78 is 28.7. The molecular weight excluding hydrogens is 414 g/mol. The predicted octanol–water partition coefficient (Wildman–Crippen LogP) is 5.21. The molecule has 0 amide bonds. The average Bonchev–Trinajstić information content (AvgIpc) is 3.29. The van der Waals surface area contributed by atoms with Gasteiger partial charge in [0, 0.05) is 12.4 Å². The maximum Gasteiger partial charge on any atom is 0.319 e. The van der Waals surface area contributed by atoms with Gasteiger partial charge < -0.3 is 0 Å². The van der Waals surface area contributed by atoms with Crippen molar-refractivity contribution < 1.29 is 8.78 Å². The second kappa shape index (κ2) is 7.38. The number of imidazole rings is 1. The first kappa shape index (κ1) is 18.5. The van der Waals surface area contributed by atoms with Gasteiger partial charge in [0.15, 0.2) is 5.16 Å². The van der Waals surface area contributed by atoms with Crippen molar-refractivity contribution in [1.29, 1.82) is 0 Å². The van der Waals surface area contributed by atoms with Gasteiger partial charge in [0.25, 0.3) is 5.56 Å². The molecule has 5 rings (SSSR count). The number of hydrogen-bond donors (Lipinski definition) is 0. The number of aromatic nitrogens is 4. The fourth-order valence-corrected chi connectivity index (χ4v) is 5.38. The molecule has 5 nitrogen and oxygen atoms in total. The summed E-state index contributed by atoms with van der Waals surface area (Å²) in [6, 6.07) is 9.30. The number of benzene rings is 1. The summed E-state index contributed by atoms with van der Waals surface area (Å²) >= 11 is 2.70. The van der Waals surface area contributed by atoms with E-state index in [1.54, 1.807) is 4.57 Å². The van der Waals surface area contributed by atoms with E-state index >= 15 is 0 Å². The van der Waals surface area contributed by atoms with Gasteiger partial charge >= 0.3 is 6.55 Å². The van der Waals surface area contributed by atoms with E-state index in [0.29, 0.717) is 27.0 Å². The Morgan fingerprint density at radius 3 is 2.76 bits per heavy atom. The number of thiophene rings is 1. The minimum absolute atomic E-state index is 0.107. The molecule has 0 N–H and O–H groups in total. The highest BCUT2D eigenvalue weighted by Crippen LogP contribution is 2.44. The summed E-state index contributed by atoms with van der Waals surface area (Å²) in [4.78, 5) is 22.9. The molecule has 0 bridgehead atoms. The molecule has 0 atom stereocenters. The number of nitrogens with zero attached hydrogens (tertiary/aromatic N) is 4. The van der Waals surface area contributed by atoms with Gasteiger partial charge in [-0.2, -0.15) is 8.78 Å². The van der Waals surface area contributed by atoms with Gasteiger partial charge in [0.2, 0.25) is 0 Å². The van der Waals surface area contributed by atoms with E-state index in [1.807, 2.05) is 35.7 Å².